The molecule has 1 aromatic rings. The van der Waals surface area contributed by atoms with Gasteiger partial charge in [-0.15, -0.1) is 0 Å². The molecule has 0 saturated heterocycles. The number of rotatable bonds is 3. The molecule has 0 saturated carbocycles. The van der Waals surface area contributed by atoms with Crippen LogP contribution in [0.15, 0.2) is 12.3 Å². The van der Waals surface area contributed by atoms with E-state index in [1.54, 1.807) is 6.07 Å². The van der Waals surface area contributed by atoms with Gasteiger partial charge in [-0.05, 0) is 12.5 Å². The molecule has 0 aliphatic heterocycles. The minimum atomic E-state index is -0.0439. The summed E-state index contributed by atoms with van der Waals surface area (Å²) in [6, 6.07) is 1.57. The lowest BCUT2D eigenvalue weighted by Gasteiger charge is -2.09. The van der Waals surface area contributed by atoms with E-state index in [1.165, 1.54) is 6.20 Å². The van der Waals surface area contributed by atoms with Crippen molar-refractivity contribution in [1.82, 2.24) is 4.98 Å². The smallest absolute Gasteiger partial charge is 0.169 e. The van der Waals surface area contributed by atoms with Gasteiger partial charge in [0.25, 0.3) is 0 Å². The molecule has 1 aromatic heterocycles. The largest absolute Gasteiger partial charge is 0.383 e. The molecule has 4 heteroatoms. The van der Waals surface area contributed by atoms with E-state index < -0.39 is 0 Å². The van der Waals surface area contributed by atoms with Gasteiger partial charge in [0, 0.05) is 12.1 Å². The third-order valence-electron chi connectivity index (χ3n) is 2.21. The molecule has 14 heavy (non-hydrogen) atoms. The summed E-state index contributed by atoms with van der Waals surface area (Å²) in [5, 5.41) is 0.436. The number of nitrogens with two attached hydrogens (primary N) is 1. The van der Waals surface area contributed by atoms with Crippen LogP contribution in [0.4, 0.5) is 5.82 Å². The van der Waals surface area contributed by atoms with Crippen LogP contribution in [-0.2, 0) is 0 Å². The van der Waals surface area contributed by atoms with Gasteiger partial charge in [-0.1, -0.05) is 25.4 Å². The van der Waals surface area contributed by atoms with Crippen LogP contribution in [0.3, 0.4) is 0 Å². The highest BCUT2D eigenvalue weighted by molar-refractivity contribution is 6.31. The van der Waals surface area contributed by atoms with Crippen LogP contribution in [0.1, 0.15) is 30.6 Å². The van der Waals surface area contributed by atoms with Gasteiger partial charge in [-0.3, -0.25) is 4.79 Å². The molecule has 0 spiro atoms. The first-order chi connectivity index (χ1) is 6.56. The molecule has 1 unspecified atom stereocenters. The molecule has 1 atom stereocenters. The zero-order valence-electron chi connectivity index (χ0n) is 8.25. The monoisotopic (exact) mass is 212 g/mol. The van der Waals surface area contributed by atoms with Crippen molar-refractivity contribution in [3.05, 3.63) is 22.8 Å². The first-order valence-electron chi connectivity index (χ1n) is 4.51. The summed E-state index contributed by atoms with van der Waals surface area (Å²) < 4.78 is 0. The normalized spacial score (nSPS) is 12.5. The van der Waals surface area contributed by atoms with Crippen molar-refractivity contribution >= 4 is 23.2 Å². The van der Waals surface area contributed by atoms with E-state index in [1.807, 2.05) is 13.8 Å². The number of anilines is 1. The number of carbonyl (C=O) groups excluding carboxylic acids is 1. The lowest BCUT2D eigenvalue weighted by Crippen LogP contribution is -2.13. The van der Waals surface area contributed by atoms with Gasteiger partial charge in [0.2, 0.25) is 0 Å². The standard InChI is InChI=1S/C10H13ClN2O/c1-3-6(2)9(14)8-4-7(11)5-13-10(8)12/h4-6H,3H2,1-2H3,(H2,12,13). The number of aromatic nitrogens is 1. The van der Waals surface area contributed by atoms with Crippen LogP contribution in [0, 0.1) is 5.92 Å². The lowest BCUT2D eigenvalue weighted by molar-refractivity contribution is 0.0928. The molecule has 0 amide bonds. The van der Waals surface area contributed by atoms with Crippen LogP contribution in [-0.4, -0.2) is 10.8 Å². The van der Waals surface area contributed by atoms with Crippen LogP contribution < -0.4 is 5.73 Å². The van der Waals surface area contributed by atoms with Crippen LogP contribution in [0.5, 0.6) is 0 Å². The molecule has 2 N–H and O–H groups in total. The van der Waals surface area contributed by atoms with Crippen molar-refractivity contribution in [3.8, 4) is 0 Å². The van der Waals surface area contributed by atoms with Crippen molar-refractivity contribution in [2.45, 2.75) is 20.3 Å². The summed E-state index contributed by atoms with van der Waals surface area (Å²) in [6.07, 6.45) is 2.22. The maximum absolute atomic E-state index is 11.8. The van der Waals surface area contributed by atoms with Gasteiger partial charge in [0.15, 0.2) is 5.78 Å². The number of Topliss-reactive ketones (excluding diaryl/α,β-unsaturated/α-hetero) is 1. The summed E-state index contributed by atoms with van der Waals surface area (Å²) in [5.41, 5.74) is 6.02. The minimum Gasteiger partial charge on any atom is -0.383 e. The van der Waals surface area contributed by atoms with E-state index in [0.29, 0.717) is 10.6 Å². The highest BCUT2D eigenvalue weighted by atomic mass is 35.5. The highest BCUT2D eigenvalue weighted by Gasteiger charge is 2.16. The Hall–Kier alpha value is -1.09. The van der Waals surface area contributed by atoms with E-state index in [2.05, 4.69) is 4.98 Å². The number of hydrogen-bond acceptors (Lipinski definition) is 3. The Bertz CT molecular complexity index is 352. The van der Waals surface area contributed by atoms with E-state index in [4.69, 9.17) is 17.3 Å². The summed E-state index contributed by atoms with van der Waals surface area (Å²) >= 11 is 5.74. The SMILES string of the molecule is CCC(C)C(=O)c1cc(Cl)cnc1N. The average Bonchev–Trinajstić information content (AvgIpc) is 2.19. The van der Waals surface area contributed by atoms with Gasteiger partial charge in [0.1, 0.15) is 5.82 Å². The number of halogens is 1. The maximum atomic E-state index is 11.8. The third kappa shape index (κ3) is 2.23. The molecule has 76 valence electrons. The minimum absolute atomic E-state index is 0.000000000000000444. The first kappa shape index (κ1) is 11.0. The van der Waals surface area contributed by atoms with Crippen molar-refractivity contribution in [2.75, 3.05) is 5.73 Å². The van der Waals surface area contributed by atoms with Crippen LogP contribution >= 0.6 is 11.6 Å². The summed E-state index contributed by atoms with van der Waals surface area (Å²) in [6.45, 7) is 3.82. The molecule has 0 fully saturated rings. The molecule has 1 rings (SSSR count). The number of hydrogen-bond donors (Lipinski definition) is 1. The van der Waals surface area contributed by atoms with Crippen LogP contribution in [0.25, 0.3) is 0 Å². The lowest BCUT2D eigenvalue weighted by atomic mass is 9.98. The number of nitrogen functional groups attached to an aromatic ring is 1. The van der Waals surface area contributed by atoms with E-state index in [0.717, 1.165) is 6.42 Å². The predicted molar refractivity (Wildman–Crippen MR) is 57.4 cm³/mol. The summed E-state index contributed by atoms with van der Waals surface area (Å²) in [7, 11) is 0. The Balaban J connectivity index is 3.06. The second-order valence-electron chi connectivity index (χ2n) is 3.26. The Labute approximate surface area is 88.3 Å². The van der Waals surface area contributed by atoms with E-state index >= 15 is 0 Å². The molecule has 0 bridgehead atoms. The third-order valence-corrected chi connectivity index (χ3v) is 2.42. The second-order valence-corrected chi connectivity index (χ2v) is 3.70. The molecule has 0 radical (unpaired) electrons. The Morgan fingerprint density at radius 1 is 1.71 bits per heavy atom. The molecule has 0 aliphatic carbocycles. The van der Waals surface area contributed by atoms with Gasteiger partial charge in [-0.2, -0.15) is 0 Å². The Kier molecular flexibility index (Phi) is 3.47. The fraction of sp³-hybridized carbons (Fsp3) is 0.400. The zero-order valence-corrected chi connectivity index (χ0v) is 9.01. The molecular weight excluding hydrogens is 200 g/mol. The Morgan fingerprint density at radius 3 is 2.93 bits per heavy atom. The van der Waals surface area contributed by atoms with Crippen molar-refractivity contribution < 1.29 is 4.79 Å². The quantitative estimate of drug-likeness (QED) is 0.784. The Morgan fingerprint density at radius 2 is 2.36 bits per heavy atom. The molecule has 1 heterocycles. The van der Waals surface area contributed by atoms with Gasteiger partial charge >= 0.3 is 0 Å². The van der Waals surface area contributed by atoms with Gasteiger partial charge in [-0.25, -0.2) is 4.98 Å². The summed E-state index contributed by atoms with van der Waals surface area (Å²) in [5.74, 6) is 0.206. The van der Waals surface area contributed by atoms with E-state index in [9.17, 15) is 4.79 Å². The van der Waals surface area contributed by atoms with Crippen molar-refractivity contribution in [2.24, 2.45) is 5.92 Å². The number of ketones is 1. The number of carbonyl (C=O) groups is 1. The van der Waals surface area contributed by atoms with Gasteiger partial charge in [0.05, 0.1) is 10.6 Å². The molecule has 3 nitrogen and oxygen atoms in total. The molecule has 0 aromatic carbocycles. The van der Waals surface area contributed by atoms with Crippen molar-refractivity contribution in [3.63, 3.8) is 0 Å². The zero-order chi connectivity index (χ0) is 10.7. The van der Waals surface area contributed by atoms with Gasteiger partial charge < -0.3 is 5.73 Å². The fourth-order valence-electron chi connectivity index (χ4n) is 1.10. The topological polar surface area (TPSA) is 56.0 Å². The van der Waals surface area contributed by atoms with Crippen LogP contribution in [0.2, 0.25) is 5.02 Å². The highest BCUT2D eigenvalue weighted by Crippen LogP contribution is 2.19. The maximum Gasteiger partial charge on any atom is 0.169 e. The van der Waals surface area contributed by atoms with Crippen molar-refractivity contribution in [1.29, 1.82) is 0 Å². The average molecular weight is 213 g/mol. The first-order valence-corrected chi connectivity index (χ1v) is 4.89. The predicted octanol–water partition coefficient (Wildman–Crippen LogP) is 2.55. The van der Waals surface area contributed by atoms with E-state index in [-0.39, 0.29) is 17.5 Å². The number of nitrogens with zero attached hydrogens (tertiary/aromatic N) is 1. The second kappa shape index (κ2) is 4.42. The molecule has 0 aliphatic rings. The fourth-order valence-corrected chi connectivity index (χ4v) is 1.26. The molecular formula is C10H13ClN2O. The summed E-state index contributed by atoms with van der Waals surface area (Å²) in [4.78, 5) is 15.6. The number of pyridine rings is 1.